The zero-order valence-electron chi connectivity index (χ0n) is 16.0. The average molecular weight is 382 g/mol. The number of hydrogen-bond donors (Lipinski definition) is 1. The van der Waals surface area contributed by atoms with Crippen LogP contribution < -0.4 is 5.73 Å². The third-order valence-electron chi connectivity index (χ3n) is 5.02. The fraction of sp³-hybridized carbons (Fsp3) is 0.0909. The Hall–Kier alpha value is -4.00. The molecule has 0 radical (unpaired) electrons. The number of fused-ring (bicyclic) bond motifs is 1. The van der Waals surface area contributed by atoms with E-state index in [-0.39, 0.29) is 0 Å². The summed E-state index contributed by atoms with van der Waals surface area (Å²) in [5, 5.41) is 8.65. The quantitative estimate of drug-likeness (QED) is 0.467. The van der Waals surface area contributed by atoms with E-state index in [0.29, 0.717) is 28.6 Å². The van der Waals surface area contributed by atoms with Gasteiger partial charge in [0.1, 0.15) is 5.56 Å². The summed E-state index contributed by atoms with van der Waals surface area (Å²) in [5.74, 6) is 0.851. The van der Waals surface area contributed by atoms with Crippen molar-refractivity contribution in [1.29, 1.82) is 0 Å². The van der Waals surface area contributed by atoms with Gasteiger partial charge in [0.25, 0.3) is 5.89 Å². The molecule has 2 N–H and O–H groups in total. The molecule has 7 heteroatoms. The minimum absolute atomic E-state index is 0.366. The Bertz CT molecular complexity index is 1330. The van der Waals surface area contributed by atoms with Crippen molar-refractivity contribution in [3.63, 3.8) is 0 Å². The van der Waals surface area contributed by atoms with Gasteiger partial charge in [-0.25, -0.2) is 9.50 Å². The first-order valence-electron chi connectivity index (χ1n) is 9.21. The van der Waals surface area contributed by atoms with E-state index in [1.165, 1.54) is 5.56 Å². The molecule has 0 bridgehead atoms. The fourth-order valence-electron chi connectivity index (χ4n) is 3.32. The third-order valence-corrected chi connectivity index (χ3v) is 5.02. The van der Waals surface area contributed by atoms with Crippen molar-refractivity contribution in [2.75, 3.05) is 5.73 Å². The van der Waals surface area contributed by atoms with Crippen LogP contribution in [0.15, 0.2) is 65.4 Å². The highest BCUT2D eigenvalue weighted by molar-refractivity contribution is 5.76. The topological polar surface area (TPSA) is 95.1 Å². The molecule has 3 aromatic heterocycles. The molecule has 0 aliphatic carbocycles. The molecule has 0 aliphatic heterocycles. The highest BCUT2D eigenvalue weighted by Gasteiger charge is 2.19. The minimum Gasteiger partial charge on any atom is -0.398 e. The number of aryl methyl sites for hydroxylation is 1. The lowest BCUT2D eigenvalue weighted by molar-refractivity contribution is 0.432. The summed E-state index contributed by atoms with van der Waals surface area (Å²) in [6, 6.07) is 15.9. The molecular weight excluding hydrogens is 364 g/mol. The molecule has 0 unspecified atom stereocenters. The normalized spacial score (nSPS) is 11.2. The molecule has 0 spiro atoms. The van der Waals surface area contributed by atoms with Gasteiger partial charge >= 0.3 is 0 Å². The number of aromatic nitrogens is 5. The van der Waals surface area contributed by atoms with Gasteiger partial charge in [0, 0.05) is 23.0 Å². The lowest BCUT2D eigenvalue weighted by Gasteiger charge is -2.05. The number of anilines is 1. The van der Waals surface area contributed by atoms with Crippen LogP contribution in [0.4, 0.5) is 5.69 Å². The Labute approximate surface area is 166 Å². The van der Waals surface area contributed by atoms with E-state index in [1.54, 1.807) is 16.9 Å². The van der Waals surface area contributed by atoms with Gasteiger partial charge in [-0.2, -0.15) is 10.1 Å². The van der Waals surface area contributed by atoms with Crippen LogP contribution in [0.1, 0.15) is 11.1 Å². The van der Waals surface area contributed by atoms with Crippen molar-refractivity contribution in [3.8, 4) is 34.1 Å². The summed E-state index contributed by atoms with van der Waals surface area (Å²) in [7, 11) is 0. The average Bonchev–Trinajstić information content (AvgIpc) is 3.37. The Morgan fingerprint density at radius 1 is 0.966 bits per heavy atom. The van der Waals surface area contributed by atoms with E-state index in [2.05, 4.69) is 51.4 Å². The first kappa shape index (κ1) is 17.1. The molecule has 0 fully saturated rings. The Balaban J connectivity index is 1.60. The highest BCUT2D eigenvalue weighted by atomic mass is 16.5. The summed E-state index contributed by atoms with van der Waals surface area (Å²) in [4.78, 5) is 9.05. The van der Waals surface area contributed by atoms with Crippen molar-refractivity contribution in [2.45, 2.75) is 13.8 Å². The largest absolute Gasteiger partial charge is 0.398 e. The smallest absolute Gasteiger partial charge is 0.263 e. The van der Waals surface area contributed by atoms with Crippen LogP contribution in [-0.2, 0) is 0 Å². The second kappa shape index (κ2) is 6.56. The van der Waals surface area contributed by atoms with E-state index < -0.39 is 0 Å². The van der Waals surface area contributed by atoms with Gasteiger partial charge in [-0.3, -0.25) is 0 Å². The van der Waals surface area contributed by atoms with Gasteiger partial charge in [0.05, 0.1) is 11.9 Å². The highest BCUT2D eigenvalue weighted by Crippen LogP contribution is 2.30. The molecule has 2 aromatic carbocycles. The predicted molar refractivity (Wildman–Crippen MR) is 111 cm³/mol. The molecule has 0 aliphatic rings. The first-order valence-corrected chi connectivity index (χ1v) is 9.21. The van der Waals surface area contributed by atoms with Gasteiger partial charge in [-0.1, -0.05) is 47.1 Å². The van der Waals surface area contributed by atoms with Crippen molar-refractivity contribution >= 4 is 11.3 Å². The standard InChI is InChI=1S/C22H18N6O/c1-13-6-8-15(9-7-13)19-10-11-24-21-17(12-25-28(19)21)22-26-20(27-29-22)16-4-3-5-18(23)14(16)2/h3-12H,23H2,1-2H3. The van der Waals surface area contributed by atoms with Gasteiger partial charge in [-0.15, -0.1) is 0 Å². The van der Waals surface area contributed by atoms with Crippen LogP contribution in [0.2, 0.25) is 0 Å². The number of hydrogen-bond acceptors (Lipinski definition) is 6. The van der Waals surface area contributed by atoms with Crippen LogP contribution in [-0.4, -0.2) is 24.7 Å². The molecule has 29 heavy (non-hydrogen) atoms. The van der Waals surface area contributed by atoms with Crippen LogP contribution in [0.25, 0.3) is 39.7 Å². The second-order valence-electron chi connectivity index (χ2n) is 6.93. The lowest BCUT2D eigenvalue weighted by atomic mass is 10.1. The van der Waals surface area contributed by atoms with Crippen molar-refractivity contribution in [2.24, 2.45) is 0 Å². The Kier molecular flexibility index (Phi) is 3.87. The molecule has 5 rings (SSSR count). The maximum absolute atomic E-state index is 6.01. The first-order chi connectivity index (χ1) is 14.1. The number of nitrogens with two attached hydrogens (primary N) is 1. The molecule has 5 aromatic rings. The van der Waals surface area contributed by atoms with Gasteiger partial charge in [0.2, 0.25) is 5.82 Å². The molecule has 0 saturated heterocycles. The molecule has 0 atom stereocenters. The predicted octanol–water partition coefficient (Wildman–Crippen LogP) is 4.31. The third kappa shape index (κ3) is 2.84. The molecule has 7 nitrogen and oxygen atoms in total. The molecule has 3 heterocycles. The summed E-state index contributed by atoms with van der Waals surface area (Å²) in [5.41, 5.74) is 13.0. The van der Waals surface area contributed by atoms with Gasteiger partial charge in [0.15, 0.2) is 5.65 Å². The van der Waals surface area contributed by atoms with E-state index >= 15 is 0 Å². The summed E-state index contributed by atoms with van der Waals surface area (Å²) in [6.45, 7) is 4.00. The summed E-state index contributed by atoms with van der Waals surface area (Å²) < 4.78 is 7.32. The van der Waals surface area contributed by atoms with Crippen LogP contribution in [0, 0.1) is 13.8 Å². The zero-order valence-corrected chi connectivity index (χ0v) is 16.0. The number of benzene rings is 2. The van der Waals surface area contributed by atoms with Crippen molar-refractivity contribution in [1.82, 2.24) is 24.7 Å². The Morgan fingerprint density at radius 3 is 2.62 bits per heavy atom. The SMILES string of the molecule is Cc1ccc(-c2ccnc3c(-c4nc(-c5cccc(N)c5C)no4)cnn23)cc1. The van der Waals surface area contributed by atoms with E-state index in [0.717, 1.165) is 22.4 Å². The van der Waals surface area contributed by atoms with Crippen LogP contribution >= 0.6 is 0 Å². The van der Waals surface area contributed by atoms with E-state index in [1.807, 2.05) is 31.2 Å². The van der Waals surface area contributed by atoms with Crippen LogP contribution in [0.5, 0.6) is 0 Å². The van der Waals surface area contributed by atoms with Crippen LogP contribution in [0.3, 0.4) is 0 Å². The van der Waals surface area contributed by atoms with Crippen molar-refractivity contribution < 1.29 is 4.52 Å². The summed E-state index contributed by atoms with van der Waals surface area (Å²) >= 11 is 0. The monoisotopic (exact) mass is 382 g/mol. The van der Waals surface area contributed by atoms with Crippen molar-refractivity contribution in [3.05, 3.63) is 72.1 Å². The van der Waals surface area contributed by atoms with Gasteiger partial charge < -0.3 is 10.3 Å². The maximum atomic E-state index is 6.01. The van der Waals surface area contributed by atoms with E-state index in [4.69, 9.17) is 10.3 Å². The number of rotatable bonds is 3. The lowest BCUT2D eigenvalue weighted by Crippen LogP contribution is -1.95. The molecule has 0 saturated carbocycles. The Morgan fingerprint density at radius 2 is 1.79 bits per heavy atom. The fourth-order valence-corrected chi connectivity index (χ4v) is 3.32. The molecule has 142 valence electrons. The zero-order chi connectivity index (χ0) is 20.0. The van der Waals surface area contributed by atoms with Gasteiger partial charge in [-0.05, 0) is 31.5 Å². The number of nitrogen functional groups attached to an aromatic ring is 1. The number of nitrogens with zero attached hydrogens (tertiary/aromatic N) is 5. The van der Waals surface area contributed by atoms with E-state index in [9.17, 15) is 0 Å². The maximum Gasteiger partial charge on any atom is 0.263 e. The minimum atomic E-state index is 0.366. The second-order valence-corrected chi connectivity index (χ2v) is 6.93. The molecule has 0 amide bonds. The molecular formula is C22H18N6O. The summed E-state index contributed by atoms with van der Waals surface area (Å²) in [6.07, 6.45) is 3.46.